The van der Waals surface area contributed by atoms with Gasteiger partial charge >= 0.3 is 5.69 Å². The lowest BCUT2D eigenvalue weighted by atomic mass is 10.2. The smallest absolute Gasteiger partial charge is 0.312 e. The van der Waals surface area contributed by atoms with E-state index in [4.69, 9.17) is 37.4 Å². The third-order valence-electron chi connectivity index (χ3n) is 3.59. The number of carbonyl (C=O) groups excluding carboxylic acids is 1. The number of rotatable bonds is 5. The molecule has 1 N–H and O–H groups in total. The summed E-state index contributed by atoms with van der Waals surface area (Å²) in [6.07, 6.45) is 0.738. The van der Waals surface area contributed by atoms with Crippen LogP contribution in [0.2, 0.25) is 10.0 Å². The summed E-state index contributed by atoms with van der Waals surface area (Å²) in [6, 6.07) is 7.03. The van der Waals surface area contributed by atoms with Crippen molar-refractivity contribution < 1.29 is 23.9 Å². The van der Waals surface area contributed by atoms with E-state index >= 15 is 0 Å². The molecule has 2 aromatic carbocycles. The fraction of sp³-hybridized carbons (Fsp3) is 0.235. The highest BCUT2D eigenvalue weighted by Gasteiger charge is 2.18. The molecule has 0 saturated carbocycles. The SMILES string of the molecule is O=C(COc1ccc(Cl)cc1[N+](=O)[O-])Nc1cc2c(cc1Cl)OCCCO2. The van der Waals surface area contributed by atoms with E-state index in [1.165, 1.54) is 12.1 Å². The minimum absolute atomic E-state index is 0.0655. The molecule has 1 heterocycles. The topological polar surface area (TPSA) is 99.9 Å². The van der Waals surface area contributed by atoms with Crippen LogP contribution in [0.25, 0.3) is 0 Å². The maximum atomic E-state index is 12.2. The Morgan fingerprint density at radius 1 is 1.19 bits per heavy atom. The van der Waals surface area contributed by atoms with E-state index in [0.29, 0.717) is 30.4 Å². The molecule has 8 nitrogen and oxygen atoms in total. The minimum atomic E-state index is -0.639. The van der Waals surface area contributed by atoms with Crippen LogP contribution in [0, 0.1) is 10.1 Å². The van der Waals surface area contributed by atoms with Gasteiger partial charge in [-0.25, -0.2) is 0 Å². The first-order chi connectivity index (χ1) is 12.9. The fourth-order valence-corrected chi connectivity index (χ4v) is 2.73. The summed E-state index contributed by atoms with van der Waals surface area (Å²) in [5.41, 5.74) is -0.0102. The number of benzene rings is 2. The molecule has 0 fully saturated rings. The Balaban J connectivity index is 1.68. The van der Waals surface area contributed by atoms with Crippen molar-refractivity contribution >= 4 is 40.5 Å². The third-order valence-corrected chi connectivity index (χ3v) is 4.14. The summed E-state index contributed by atoms with van der Waals surface area (Å²) >= 11 is 11.9. The largest absolute Gasteiger partial charge is 0.490 e. The van der Waals surface area contributed by atoms with Gasteiger partial charge < -0.3 is 19.5 Å². The van der Waals surface area contributed by atoms with Crippen LogP contribution in [0.3, 0.4) is 0 Å². The Bertz CT molecular complexity index is 890. The first-order valence-electron chi connectivity index (χ1n) is 7.90. The van der Waals surface area contributed by atoms with Gasteiger partial charge in [0.25, 0.3) is 5.91 Å². The van der Waals surface area contributed by atoms with E-state index in [1.54, 1.807) is 12.1 Å². The molecule has 1 amide bonds. The average Bonchev–Trinajstić information content (AvgIpc) is 2.85. The number of nitrogens with zero attached hydrogens (tertiary/aromatic N) is 1. The number of hydrogen-bond acceptors (Lipinski definition) is 6. The first kappa shape index (κ1) is 19.1. The van der Waals surface area contributed by atoms with Gasteiger partial charge in [-0.3, -0.25) is 14.9 Å². The van der Waals surface area contributed by atoms with Crippen molar-refractivity contribution in [3.8, 4) is 17.2 Å². The van der Waals surface area contributed by atoms with Gasteiger partial charge in [-0.2, -0.15) is 0 Å². The van der Waals surface area contributed by atoms with Gasteiger partial charge in [0.05, 0.1) is 28.8 Å². The van der Waals surface area contributed by atoms with E-state index in [1.807, 2.05) is 0 Å². The molecule has 0 unspecified atom stereocenters. The number of nitrogens with one attached hydrogen (secondary N) is 1. The lowest BCUT2D eigenvalue weighted by Gasteiger charge is -2.13. The molecule has 0 aromatic heterocycles. The first-order valence-corrected chi connectivity index (χ1v) is 8.65. The maximum Gasteiger partial charge on any atom is 0.312 e. The zero-order chi connectivity index (χ0) is 19.4. The van der Waals surface area contributed by atoms with Crippen molar-refractivity contribution in [3.63, 3.8) is 0 Å². The maximum absolute atomic E-state index is 12.2. The molecule has 0 atom stereocenters. The number of carbonyl (C=O) groups is 1. The molecule has 1 aliphatic heterocycles. The molecule has 3 rings (SSSR count). The number of fused-ring (bicyclic) bond motifs is 1. The summed E-state index contributed by atoms with van der Waals surface area (Å²) in [4.78, 5) is 22.6. The van der Waals surface area contributed by atoms with Gasteiger partial charge in [0.15, 0.2) is 23.9 Å². The van der Waals surface area contributed by atoms with Crippen LogP contribution < -0.4 is 19.5 Å². The molecule has 27 heavy (non-hydrogen) atoms. The second-order valence-electron chi connectivity index (χ2n) is 5.54. The van der Waals surface area contributed by atoms with Gasteiger partial charge in [0.2, 0.25) is 0 Å². The number of halogens is 2. The van der Waals surface area contributed by atoms with Crippen molar-refractivity contribution in [2.75, 3.05) is 25.1 Å². The number of amides is 1. The lowest BCUT2D eigenvalue weighted by molar-refractivity contribution is -0.385. The number of nitro groups is 1. The summed E-state index contributed by atoms with van der Waals surface area (Å²) in [6.45, 7) is 0.557. The summed E-state index contributed by atoms with van der Waals surface area (Å²) in [5.74, 6) is 0.366. The fourth-order valence-electron chi connectivity index (χ4n) is 2.36. The van der Waals surface area contributed by atoms with Gasteiger partial charge in [-0.1, -0.05) is 23.2 Å². The van der Waals surface area contributed by atoms with E-state index in [9.17, 15) is 14.9 Å². The van der Waals surface area contributed by atoms with Crippen LogP contribution in [0.15, 0.2) is 30.3 Å². The third kappa shape index (κ3) is 4.72. The highest BCUT2D eigenvalue weighted by molar-refractivity contribution is 6.34. The number of nitro benzene ring substituents is 1. The standard InChI is InChI=1S/C17H14Cl2N2O6/c18-10-2-3-14(13(6-10)21(23)24)27-9-17(22)20-12-8-16-15(7-11(12)19)25-4-1-5-26-16/h2-3,6-8H,1,4-5,9H2,(H,20,22). The molecular weight excluding hydrogens is 399 g/mol. The van der Waals surface area contributed by atoms with Gasteiger partial charge in [-0.15, -0.1) is 0 Å². The van der Waals surface area contributed by atoms with Crippen LogP contribution in [0.4, 0.5) is 11.4 Å². The van der Waals surface area contributed by atoms with Gasteiger partial charge in [-0.05, 0) is 12.1 Å². The second-order valence-corrected chi connectivity index (χ2v) is 6.38. The highest BCUT2D eigenvalue weighted by Crippen LogP contribution is 2.37. The second kappa shape index (κ2) is 8.32. The monoisotopic (exact) mass is 412 g/mol. The van der Waals surface area contributed by atoms with E-state index in [0.717, 1.165) is 12.5 Å². The predicted octanol–water partition coefficient (Wildman–Crippen LogP) is 4.08. The Hall–Kier alpha value is -2.71. The Labute approximate surface area is 164 Å². The molecule has 0 saturated heterocycles. The molecule has 10 heteroatoms. The molecule has 0 radical (unpaired) electrons. The summed E-state index contributed by atoms with van der Waals surface area (Å²) in [5, 5.41) is 14.1. The number of anilines is 1. The van der Waals surface area contributed by atoms with Gasteiger partial charge in [0, 0.05) is 29.6 Å². The molecule has 2 aromatic rings. The molecular formula is C17H14Cl2N2O6. The van der Waals surface area contributed by atoms with Crippen LogP contribution in [0.5, 0.6) is 17.2 Å². The van der Waals surface area contributed by atoms with Crippen LogP contribution in [0.1, 0.15) is 6.42 Å². The Morgan fingerprint density at radius 2 is 1.89 bits per heavy atom. The molecule has 142 valence electrons. The van der Waals surface area contributed by atoms with Crippen molar-refractivity contribution in [2.45, 2.75) is 6.42 Å². The highest BCUT2D eigenvalue weighted by atomic mass is 35.5. The van der Waals surface area contributed by atoms with Crippen molar-refractivity contribution in [1.29, 1.82) is 0 Å². The van der Waals surface area contributed by atoms with Gasteiger partial charge in [0.1, 0.15) is 0 Å². The zero-order valence-corrected chi connectivity index (χ0v) is 15.4. The predicted molar refractivity (Wildman–Crippen MR) is 99.3 cm³/mol. The summed E-state index contributed by atoms with van der Waals surface area (Å²) in [7, 11) is 0. The number of ether oxygens (including phenoxy) is 3. The molecule has 0 bridgehead atoms. The summed E-state index contributed by atoms with van der Waals surface area (Å²) < 4.78 is 16.3. The lowest BCUT2D eigenvalue weighted by Crippen LogP contribution is -2.20. The Kier molecular flexibility index (Phi) is 5.88. The van der Waals surface area contributed by atoms with E-state index in [-0.39, 0.29) is 21.5 Å². The van der Waals surface area contributed by atoms with Crippen molar-refractivity contribution in [1.82, 2.24) is 0 Å². The van der Waals surface area contributed by atoms with Crippen molar-refractivity contribution in [2.24, 2.45) is 0 Å². The number of hydrogen-bond donors (Lipinski definition) is 1. The Morgan fingerprint density at radius 3 is 2.59 bits per heavy atom. The zero-order valence-electron chi connectivity index (χ0n) is 13.9. The average molecular weight is 413 g/mol. The van der Waals surface area contributed by atoms with E-state index in [2.05, 4.69) is 5.32 Å². The van der Waals surface area contributed by atoms with Crippen molar-refractivity contribution in [3.05, 3.63) is 50.5 Å². The minimum Gasteiger partial charge on any atom is -0.490 e. The van der Waals surface area contributed by atoms with Crippen LogP contribution >= 0.6 is 23.2 Å². The van der Waals surface area contributed by atoms with Crippen LogP contribution in [-0.2, 0) is 4.79 Å². The normalized spacial score (nSPS) is 12.8. The van der Waals surface area contributed by atoms with E-state index < -0.39 is 17.4 Å². The quantitative estimate of drug-likeness (QED) is 0.586. The molecule has 0 aliphatic carbocycles. The van der Waals surface area contributed by atoms with Crippen LogP contribution in [-0.4, -0.2) is 30.7 Å². The molecule has 0 spiro atoms. The molecule has 1 aliphatic rings.